The molecule has 24 heavy (non-hydrogen) atoms. The van der Waals surface area contributed by atoms with Gasteiger partial charge in [-0.15, -0.1) is 0 Å². The van der Waals surface area contributed by atoms with Gasteiger partial charge in [0.2, 0.25) is 5.91 Å². The summed E-state index contributed by atoms with van der Waals surface area (Å²) < 4.78 is 40.2. The summed E-state index contributed by atoms with van der Waals surface area (Å²) in [7, 11) is -3.78. The van der Waals surface area contributed by atoms with Crippen molar-refractivity contribution in [3.05, 3.63) is 53.8 Å². The Morgan fingerprint density at radius 2 is 1.83 bits per heavy atom. The number of amides is 1. The second kappa shape index (κ2) is 6.24. The minimum Gasteiger partial charge on any atom is -0.312 e. The minimum absolute atomic E-state index is 0.0538. The van der Waals surface area contributed by atoms with Crippen LogP contribution in [-0.2, 0) is 14.8 Å². The van der Waals surface area contributed by atoms with Crippen molar-refractivity contribution in [3.8, 4) is 0 Å². The fourth-order valence-electron chi connectivity index (χ4n) is 2.73. The summed E-state index contributed by atoms with van der Waals surface area (Å²) >= 11 is 0. The molecule has 0 atom stereocenters. The topological polar surface area (TPSA) is 66.5 Å². The average molecular weight is 348 g/mol. The fraction of sp³-hybridized carbons (Fsp3) is 0.235. The number of hydrogen-bond acceptors (Lipinski definition) is 3. The van der Waals surface area contributed by atoms with E-state index in [9.17, 15) is 17.6 Å². The number of sulfonamides is 1. The lowest BCUT2D eigenvalue weighted by atomic mass is 10.2. The summed E-state index contributed by atoms with van der Waals surface area (Å²) in [6.45, 7) is 2.43. The lowest BCUT2D eigenvalue weighted by Crippen LogP contribution is -2.24. The lowest BCUT2D eigenvalue weighted by Gasteiger charge is -2.19. The SMILES string of the molecule is Cc1cc(S(=O)(=O)Nc2ccc(F)cc2)ccc1N1CCCC1=O. The first kappa shape index (κ1) is 16.4. The van der Waals surface area contributed by atoms with Gasteiger partial charge in [-0.3, -0.25) is 9.52 Å². The number of halogens is 1. The number of benzene rings is 2. The number of carbonyl (C=O) groups is 1. The van der Waals surface area contributed by atoms with Crippen molar-refractivity contribution < 1.29 is 17.6 Å². The number of nitrogens with zero attached hydrogens (tertiary/aromatic N) is 1. The van der Waals surface area contributed by atoms with Crippen molar-refractivity contribution in [1.29, 1.82) is 0 Å². The van der Waals surface area contributed by atoms with E-state index in [0.717, 1.165) is 12.1 Å². The van der Waals surface area contributed by atoms with Crippen molar-refractivity contribution in [3.63, 3.8) is 0 Å². The van der Waals surface area contributed by atoms with Crippen LogP contribution in [0.1, 0.15) is 18.4 Å². The second-order valence-corrected chi connectivity index (χ2v) is 7.39. The third-order valence-corrected chi connectivity index (χ3v) is 5.32. The highest BCUT2D eigenvalue weighted by Crippen LogP contribution is 2.28. The molecule has 1 heterocycles. The number of hydrogen-bond donors (Lipinski definition) is 1. The van der Waals surface area contributed by atoms with Crippen LogP contribution in [0.25, 0.3) is 0 Å². The van der Waals surface area contributed by atoms with Crippen molar-refractivity contribution >= 4 is 27.3 Å². The maximum absolute atomic E-state index is 12.9. The van der Waals surface area contributed by atoms with Gasteiger partial charge >= 0.3 is 0 Å². The normalized spacial score (nSPS) is 14.9. The largest absolute Gasteiger partial charge is 0.312 e. The van der Waals surface area contributed by atoms with E-state index in [1.165, 1.54) is 36.4 Å². The molecule has 0 unspecified atom stereocenters. The molecule has 1 aliphatic rings. The van der Waals surface area contributed by atoms with Gasteiger partial charge in [0.1, 0.15) is 5.82 Å². The molecule has 1 N–H and O–H groups in total. The zero-order valence-electron chi connectivity index (χ0n) is 13.1. The molecule has 0 bridgehead atoms. The first-order valence-electron chi connectivity index (χ1n) is 7.56. The Balaban J connectivity index is 1.87. The molecule has 1 fully saturated rings. The molecule has 7 heteroatoms. The van der Waals surface area contributed by atoms with E-state index in [1.807, 2.05) is 0 Å². The van der Waals surface area contributed by atoms with Crippen molar-refractivity contribution in [2.24, 2.45) is 0 Å². The number of aryl methyl sites for hydroxylation is 1. The van der Waals surface area contributed by atoms with E-state index in [2.05, 4.69) is 4.72 Å². The highest BCUT2D eigenvalue weighted by atomic mass is 32.2. The predicted octanol–water partition coefficient (Wildman–Crippen LogP) is 3.06. The van der Waals surface area contributed by atoms with Crippen molar-refractivity contribution in [2.45, 2.75) is 24.7 Å². The summed E-state index contributed by atoms with van der Waals surface area (Å²) in [5.41, 5.74) is 1.73. The highest BCUT2D eigenvalue weighted by Gasteiger charge is 2.24. The summed E-state index contributed by atoms with van der Waals surface area (Å²) in [6.07, 6.45) is 1.33. The molecule has 0 radical (unpaired) electrons. The van der Waals surface area contributed by atoms with Gasteiger partial charge in [0, 0.05) is 24.3 Å². The minimum atomic E-state index is -3.78. The number of anilines is 2. The molecule has 0 saturated carbocycles. The van der Waals surface area contributed by atoms with E-state index in [4.69, 9.17) is 0 Å². The molecule has 5 nitrogen and oxygen atoms in total. The molecule has 0 spiro atoms. The van der Waals surface area contributed by atoms with Crippen LogP contribution in [-0.4, -0.2) is 20.9 Å². The van der Waals surface area contributed by atoms with E-state index < -0.39 is 15.8 Å². The zero-order valence-corrected chi connectivity index (χ0v) is 13.9. The fourth-order valence-corrected chi connectivity index (χ4v) is 3.88. The van der Waals surface area contributed by atoms with E-state index in [-0.39, 0.29) is 16.5 Å². The van der Waals surface area contributed by atoms with E-state index in [1.54, 1.807) is 17.9 Å². The Morgan fingerprint density at radius 3 is 2.42 bits per heavy atom. The van der Waals surface area contributed by atoms with Crippen LogP contribution in [0.2, 0.25) is 0 Å². The van der Waals surface area contributed by atoms with E-state index in [0.29, 0.717) is 18.5 Å². The second-order valence-electron chi connectivity index (χ2n) is 5.71. The van der Waals surface area contributed by atoms with Gasteiger partial charge in [0.05, 0.1) is 4.90 Å². The van der Waals surface area contributed by atoms with Crippen LogP contribution in [0.4, 0.5) is 15.8 Å². The van der Waals surface area contributed by atoms with Gasteiger partial charge in [0.25, 0.3) is 10.0 Å². The van der Waals surface area contributed by atoms with Crippen LogP contribution >= 0.6 is 0 Å². The van der Waals surface area contributed by atoms with Crippen LogP contribution < -0.4 is 9.62 Å². The maximum Gasteiger partial charge on any atom is 0.261 e. The molecule has 126 valence electrons. The molecule has 3 rings (SSSR count). The number of rotatable bonds is 4. The first-order chi connectivity index (χ1) is 11.4. The van der Waals surface area contributed by atoms with Gasteiger partial charge in [0.15, 0.2) is 0 Å². The highest BCUT2D eigenvalue weighted by molar-refractivity contribution is 7.92. The summed E-state index contributed by atoms with van der Waals surface area (Å²) in [6, 6.07) is 9.74. The van der Waals surface area contributed by atoms with Gasteiger partial charge in [-0.05, 0) is 61.4 Å². The molecule has 1 aliphatic heterocycles. The first-order valence-corrected chi connectivity index (χ1v) is 9.04. The monoisotopic (exact) mass is 348 g/mol. The van der Waals surface area contributed by atoms with E-state index >= 15 is 0 Å². The third kappa shape index (κ3) is 3.26. The Morgan fingerprint density at radius 1 is 1.12 bits per heavy atom. The summed E-state index contributed by atoms with van der Waals surface area (Å²) in [5.74, 6) is -0.383. The van der Waals surface area contributed by atoms with Crippen LogP contribution in [0.3, 0.4) is 0 Å². The molecule has 2 aromatic rings. The van der Waals surface area contributed by atoms with Gasteiger partial charge < -0.3 is 4.90 Å². The Hall–Kier alpha value is -2.41. The average Bonchev–Trinajstić information content (AvgIpc) is 2.95. The van der Waals surface area contributed by atoms with Gasteiger partial charge in [-0.1, -0.05) is 0 Å². The molecular weight excluding hydrogens is 331 g/mol. The smallest absolute Gasteiger partial charge is 0.261 e. The number of nitrogens with one attached hydrogen (secondary N) is 1. The Kier molecular flexibility index (Phi) is 4.28. The standard InChI is InChI=1S/C17H17FN2O3S/c1-12-11-15(8-9-16(12)20-10-2-3-17(20)21)24(22,23)19-14-6-4-13(18)5-7-14/h4-9,11,19H,2-3,10H2,1H3. The van der Waals surface area contributed by atoms with Crippen LogP contribution in [0.5, 0.6) is 0 Å². The van der Waals surface area contributed by atoms with Gasteiger partial charge in [-0.2, -0.15) is 0 Å². The Bertz CT molecular complexity index is 879. The molecule has 1 amide bonds. The zero-order chi connectivity index (χ0) is 17.3. The van der Waals surface area contributed by atoms with Gasteiger partial charge in [-0.25, -0.2) is 12.8 Å². The maximum atomic E-state index is 12.9. The lowest BCUT2D eigenvalue weighted by molar-refractivity contribution is -0.117. The molecule has 0 aromatic heterocycles. The summed E-state index contributed by atoms with van der Waals surface area (Å²) in [5, 5.41) is 0. The quantitative estimate of drug-likeness (QED) is 0.923. The number of carbonyl (C=O) groups excluding carboxylic acids is 1. The molecular formula is C17H17FN2O3S. The van der Waals surface area contributed by atoms with Crippen LogP contribution in [0, 0.1) is 12.7 Å². The van der Waals surface area contributed by atoms with Crippen molar-refractivity contribution in [2.75, 3.05) is 16.2 Å². The molecule has 2 aromatic carbocycles. The molecule has 1 saturated heterocycles. The predicted molar refractivity (Wildman–Crippen MR) is 90.0 cm³/mol. The summed E-state index contributed by atoms with van der Waals surface area (Å²) in [4.78, 5) is 13.6. The van der Waals surface area contributed by atoms with Crippen molar-refractivity contribution in [1.82, 2.24) is 0 Å². The Labute approximate surface area is 140 Å². The molecule has 0 aliphatic carbocycles. The van der Waals surface area contributed by atoms with Crippen LogP contribution in [0.15, 0.2) is 47.4 Å². The third-order valence-electron chi connectivity index (χ3n) is 3.94.